The third-order valence-electron chi connectivity index (χ3n) is 2.61. The number of nitrogens with one attached hydrogen (secondary N) is 2. The second kappa shape index (κ2) is 7.23. The van der Waals surface area contributed by atoms with Gasteiger partial charge < -0.3 is 10.6 Å². The van der Waals surface area contributed by atoms with Crippen molar-refractivity contribution in [1.29, 1.82) is 0 Å². The predicted molar refractivity (Wildman–Crippen MR) is 77.5 cm³/mol. The topological polar surface area (TPSA) is 75.3 Å². The molecular weight excluding hydrogens is 256 g/mol. The molecule has 0 aliphatic rings. The molecule has 0 aliphatic heterocycles. The molecule has 0 radical (unpaired) electrons. The van der Waals surface area contributed by atoms with E-state index in [0.29, 0.717) is 23.4 Å². The van der Waals surface area contributed by atoms with Gasteiger partial charge >= 0.3 is 0 Å². The molecule has 5 heteroatoms. The van der Waals surface area contributed by atoms with Crippen LogP contribution in [0.15, 0.2) is 35.9 Å². The third-order valence-corrected chi connectivity index (χ3v) is 2.61. The van der Waals surface area contributed by atoms with Gasteiger partial charge in [-0.1, -0.05) is 0 Å². The van der Waals surface area contributed by atoms with Crippen molar-refractivity contribution in [2.75, 3.05) is 11.9 Å². The number of rotatable bonds is 5. The molecular formula is C15H18N2O3. The van der Waals surface area contributed by atoms with Crippen LogP contribution in [-0.2, 0) is 9.59 Å². The summed E-state index contributed by atoms with van der Waals surface area (Å²) in [6.07, 6.45) is 1.25. The fraction of sp³-hybridized carbons (Fsp3) is 0.267. The Morgan fingerprint density at radius 3 is 2.20 bits per heavy atom. The third kappa shape index (κ3) is 4.68. The van der Waals surface area contributed by atoms with Crippen molar-refractivity contribution in [3.05, 3.63) is 41.5 Å². The zero-order valence-electron chi connectivity index (χ0n) is 11.8. The second-order valence-electron chi connectivity index (χ2n) is 4.31. The van der Waals surface area contributed by atoms with E-state index in [4.69, 9.17) is 0 Å². The van der Waals surface area contributed by atoms with Crippen LogP contribution < -0.4 is 10.6 Å². The fourth-order valence-corrected chi connectivity index (χ4v) is 1.51. The maximum absolute atomic E-state index is 11.8. The standard InChI is InChI=1S/C15H18N2O3/c1-4-16-14(19)9-10(2)15(20)17-13-7-5-12(6-8-13)11(3)18/h5-9H,4H2,1-3H3,(H,16,19)(H,17,20)/b10-9-. The summed E-state index contributed by atoms with van der Waals surface area (Å²) in [4.78, 5) is 34.3. The van der Waals surface area contributed by atoms with Crippen LogP contribution in [0.25, 0.3) is 0 Å². The van der Waals surface area contributed by atoms with Gasteiger partial charge in [-0.25, -0.2) is 0 Å². The first-order valence-electron chi connectivity index (χ1n) is 6.32. The molecule has 0 bridgehead atoms. The van der Waals surface area contributed by atoms with E-state index >= 15 is 0 Å². The predicted octanol–water partition coefficient (Wildman–Crippen LogP) is 1.91. The summed E-state index contributed by atoms with van der Waals surface area (Å²) < 4.78 is 0. The van der Waals surface area contributed by atoms with Gasteiger partial charge in [0, 0.05) is 29.4 Å². The Balaban J connectivity index is 2.70. The zero-order chi connectivity index (χ0) is 15.1. The minimum Gasteiger partial charge on any atom is -0.353 e. The van der Waals surface area contributed by atoms with Crippen LogP contribution in [0.1, 0.15) is 31.1 Å². The number of ketones is 1. The van der Waals surface area contributed by atoms with Crippen molar-refractivity contribution in [2.45, 2.75) is 20.8 Å². The number of amides is 2. The molecule has 0 spiro atoms. The van der Waals surface area contributed by atoms with Crippen LogP contribution in [0.2, 0.25) is 0 Å². The van der Waals surface area contributed by atoms with Gasteiger partial charge in [0.2, 0.25) is 5.91 Å². The minimum absolute atomic E-state index is 0.0322. The highest BCUT2D eigenvalue weighted by atomic mass is 16.2. The molecule has 0 atom stereocenters. The molecule has 20 heavy (non-hydrogen) atoms. The quantitative estimate of drug-likeness (QED) is 0.636. The lowest BCUT2D eigenvalue weighted by Crippen LogP contribution is -2.22. The first-order valence-corrected chi connectivity index (χ1v) is 6.32. The normalized spacial score (nSPS) is 10.8. The molecule has 0 aromatic heterocycles. The van der Waals surface area contributed by atoms with Gasteiger partial charge in [-0.3, -0.25) is 14.4 Å². The molecule has 2 N–H and O–H groups in total. The van der Waals surface area contributed by atoms with E-state index in [1.54, 1.807) is 38.1 Å². The van der Waals surface area contributed by atoms with Gasteiger partial charge in [-0.2, -0.15) is 0 Å². The van der Waals surface area contributed by atoms with Crippen molar-refractivity contribution < 1.29 is 14.4 Å². The van der Waals surface area contributed by atoms with Crippen LogP contribution >= 0.6 is 0 Å². The highest BCUT2D eigenvalue weighted by Gasteiger charge is 2.07. The van der Waals surface area contributed by atoms with Crippen LogP contribution in [0, 0.1) is 0 Å². The lowest BCUT2D eigenvalue weighted by molar-refractivity contribution is -0.117. The number of carbonyl (C=O) groups excluding carboxylic acids is 3. The summed E-state index contributed by atoms with van der Waals surface area (Å²) in [6, 6.07) is 6.57. The first kappa shape index (κ1) is 15.6. The summed E-state index contributed by atoms with van der Waals surface area (Å²) in [5.74, 6) is -0.686. The van der Waals surface area contributed by atoms with E-state index in [9.17, 15) is 14.4 Å². The van der Waals surface area contributed by atoms with Crippen molar-refractivity contribution in [1.82, 2.24) is 5.32 Å². The Bertz CT molecular complexity index is 545. The Hall–Kier alpha value is -2.43. The molecule has 1 aromatic rings. The van der Waals surface area contributed by atoms with Crippen LogP contribution in [0.3, 0.4) is 0 Å². The van der Waals surface area contributed by atoms with E-state index in [1.807, 2.05) is 0 Å². The average Bonchev–Trinajstić information content (AvgIpc) is 2.39. The summed E-state index contributed by atoms with van der Waals surface area (Å²) in [5, 5.41) is 5.24. The molecule has 5 nitrogen and oxygen atoms in total. The molecule has 0 fully saturated rings. The number of Topliss-reactive ketones (excluding diaryl/α,β-unsaturated/α-hetero) is 1. The number of anilines is 1. The van der Waals surface area contributed by atoms with Gasteiger partial charge in [0.1, 0.15) is 0 Å². The van der Waals surface area contributed by atoms with E-state index in [2.05, 4.69) is 10.6 Å². The van der Waals surface area contributed by atoms with Gasteiger partial charge in [0.05, 0.1) is 0 Å². The lowest BCUT2D eigenvalue weighted by Gasteiger charge is -2.06. The van der Waals surface area contributed by atoms with Gasteiger partial charge in [0.15, 0.2) is 5.78 Å². The molecule has 0 heterocycles. The number of hydrogen-bond acceptors (Lipinski definition) is 3. The molecule has 1 rings (SSSR count). The average molecular weight is 274 g/mol. The highest BCUT2D eigenvalue weighted by molar-refractivity contribution is 6.07. The lowest BCUT2D eigenvalue weighted by atomic mass is 10.1. The number of hydrogen-bond donors (Lipinski definition) is 2. The van der Waals surface area contributed by atoms with Crippen molar-refractivity contribution in [3.63, 3.8) is 0 Å². The smallest absolute Gasteiger partial charge is 0.251 e. The molecule has 1 aromatic carbocycles. The van der Waals surface area contributed by atoms with Crippen LogP contribution in [-0.4, -0.2) is 24.1 Å². The Morgan fingerprint density at radius 1 is 1.10 bits per heavy atom. The van der Waals surface area contributed by atoms with Crippen molar-refractivity contribution in [2.24, 2.45) is 0 Å². The van der Waals surface area contributed by atoms with E-state index in [-0.39, 0.29) is 17.6 Å². The monoisotopic (exact) mass is 274 g/mol. The molecule has 106 valence electrons. The number of carbonyl (C=O) groups is 3. The maximum atomic E-state index is 11.8. The van der Waals surface area contributed by atoms with Gasteiger partial charge in [-0.15, -0.1) is 0 Å². The summed E-state index contributed by atoms with van der Waals surface area (Å²) in [6.45, 7) is 5.36. The minimum atomic E-state index is -0.355. The number of likely N-dealkylation sites (N-methyl/N-ethyl adjacent to an activating group) is 1. The molecule has 0 aliphatic carbocycles. The maximum Gasteiger partial charge on any atom is 0.251 e. The van der Waals surface area contributed by atoms with Gasteiger partial charge in [-0.05, 0) is 45.0 Å². The Labute approximate surface area is 118 Å². The van der Waals surface area contributed by atoms with Crippen molar-refractivity contribution in [3.8, 4) is 0 Å². The number of benzene rings is 1. The highest BCUT2D eigenvalue weighted by Crippen LogP contribution is 2.11. The Kier molecular flexibility index (Phi) is 5.65. The van der Waals surface area contributed by atoms with Crippen molar-refractivity contribution >= 4 is 23.3 Å². The summed E-state index contributed by atoms with van der Waals surface area (Å²) >= 11 is 0. The molecule has 0 saturated carbocycles. The Morgan fingerprint density at radius 2 is 1.70 bits per heavy atom. The summed E-state index contributed by atoms with van der Waals surface area (Å²) in [5.41, 5.74) is 1.47. The van der Waals surface area contributed by atoms with Crippen LogP contribution in [0.4, 0.5) is 5.69 Å². The zero-order valence-corrected chi connectivity index (χ0v) is 11.8. The molecule has 0 saturated heterocycles. The van der Waals surface area contributed by atoms with E-state index in [1.165, 1.54) is 13.0 Å². The van der Waals surface area contributed by atoms with Crippen LogP contribution in [0.5, 0.6) is 0 Å². The van der Waals surface area contributed by atoms with Gasteiger partial charge in [0.25, 0.3) is 5.91 Å². The first-order chi connectivity index (χ1) is 9.43. The SMILES string of the molecule is CCNC(=O)/C=C(/C)C(=O)Nc1ccc(C(C)=O)cc1. The fourth-order valence-electron chi connectivity index (χ4n) is 1.51. The largest absolute Gasteiger partial charge is 0.353 e. The molecule has 2 amide bonds. The summed E-state index contributed by atoms with van der Waals surface area (Å²) in [7, 11) is 0. The molecule has 0 unspecified atom stereocenters. The second-order valence-corrected chi connectivity index (χ2v) is 4.31. The van der Waals surface area contributed by atoms with E-state index < -0.39 is 0 Å². The van der Waals surface area contributed by atoms with E-state index in [0.717, 1.165) is 0 Å².